The third kappa shape index (κ3) is 4.39. The summed E-state index contributed by atoms with van der Waals surface area (Å²) in [4.78, 5) is 28.2. The Bertz CT molecular complexity index is 779. The molecule has 2 amide bonds. The third-order valence-electron chi connectivity index (χ3n) is 4.10. The van der Waals surface area contributed by atoms with Crippen molar-refractivity contribution >= 4 is 17.5 Å². The highest BCUT2D eigenvalue weighted by Gasteiger charge is 2.27. The minimum absolute atomic E-state index is 0.0877. The summed E-state index contributed by atoms with van der Waals surface area (Å²) < 4.78 is 12.9. The van der Waals surface area contributed by atoms with Crippen LogP contribution in [0.5, 0.6) is 0 Å². The average molecular weight is 342 g/mol. The van der Waals surface area contributed by atoms with Crippen LogP contribution in [0, 0.1) is 5.82 Å². The van der Waals surface area contributed by atoms with Crippen LogP contribution in [0.4, 0.5) is 10.1 Å². The maximum absolute atomic E-state index is 12.9. The number of fused-ring (bicyclic) bond motifs is 1. The van der Waals surface area contributed by atoms with E-state index in [1.165, 1.54) is 12.1 Å². The van der Waals surface area contributed by atoms with E-state index in [0.29, 0.717) is 18.5 Å². The summed E-state index contributed by atoms with van der Waals surface area (Å²) in [6.45, 7) is 0. The monoisotopic (exact) mass is 342 g/mol. The zero-order valence-electron chi connectivity index (χ0n) is 13.5. The van der Waals surface area contributed by atoms with E-state index >= 15 is 0 Å². The minimum atomic E-state index is -0.625. The van der Waals surface area contributed by atoms with Gasteiger partial charge in [0.2, 0.25) is 11.8 Å². The number of halogens is 1. The van der Waals surface area contributed by atoms with Crippen molar-refractivity contribution in [1.29, 1.82) is 0 Å². The van der Waals surface area contributed by atoms with Crippen LogP contribution in [-0.4, -0.2) is 28.9 Å². The first-order chi connectivity index (χ1) is 12.0. The quantitative estimate of drug-likeness (QED) is 0.759. The molecule has 130 valence electrons. The lowest BCUT2D eigenvalue weighted by atomic mass is 9.99. The van der Waals surface area contributed by atoms with Gasteiger partial charge in [-0.05, 0) is 35.7 Å². The van der Waals surface area contributed by atoms with E-state index < -0.39 is 12.1 Å². The van der Waals surface area contributed by atoms with Crippen molar-refractivity contribution in [2.75, 3.05) is 5.32 Å². The van der Waals surface area contributed by atoms with Crippen LogP contribution in [0.1, 0.15) is 17.5 Å². The van der Waals surface area contributed by atoms with Crippen molar-refractivity contribution in [2.24, 2.45) is 5.73 Å². The number of carbonyl (C=O) groups is 2. The van der Waals surface area contributed by atoms with Crippen LogP contribution >= 0.6 is 0 Å². The normalized spacial score (nSPS) is 17.4. The highest BCUT2D eigenvalue weighted by atomic mass is 19.1. The molecule has 0 saturated carbocycles. The molecule has 1 aromatic heterocycles. The predicted octanol–water partition coefficient (Wildman–Crippen LogP) is 1.16. The molecule has 0 aliphatic carbocycles. The molecular weight excluding hydrogens is 323 g/mol. The number of hydrogen-bond donors (Lipinski definition) is 3. The highest BCUT2D eigenvalue weighted by molar-refractivity contribution is 5.99. The smallest absolute Gasteiger partial charge is 0.247 e. The molecule has 0 spiro atoms. The van der Waals surface area contributed by atoms with E-state index in [1.54, 1.807) is 24.5 Å². The Kier molecular flexibility index (Phi) is 5.04. The summed E-state index contributed by atoms with van der Waals surface area (Å²) in [5.41, 5.74) is 8.46. The SMILES string of the molecule is N[C@@H](CC(=O)NC1Cc2ccncc2NC1=O)Cc1ccc(F)cc1. The number of aromatic nitrogens is 1. The summed E-state index contributed by atoms with van der Waals surface area (Å²) in [5, 5.41) is 5.45. The van der Waals surface area contributed by atoms with Gasteiger partial charge in [0.05, 0.1) is 11.9 Å². The van der Waals surface area contributed by atoms with Crippen LogP contribution < -0.4 is 16.4 Å². The number of carbonyl (C=O) groups excluding carboxylic acids is 2. The highest BCUT2D eigenvalue weighted by Crippen LogP contribution is 2.20. The fourth-order valence-electron chi connectivity index (χ4n) is 2.85. The molecule has 2 aromatic rings. The van der Waals surface area contributed by atoms with Crippen molar-refractivity contribution in [3.05, 3.63) is 59.7 Å². The summed E-state index contributed by atoms with van der Waals surface area (Å²) in [6, 6.07) is 6.80. The van der Waals surface area contributed by atoms with E-state index in [9.17, 15) is 14.0 Å². The zero-order chi connectivity index (χ0) is 17.8. The Balaban J connectivity index is 1.53. The second-order valence-electron chi connectivity index (χ2n) is 6.14. The van der Waals surface area contributed by atoms with E-state index in [4.69, 9.17) is 5.73 Å². The Labute approximate surface area is 144 Å². The number of benzene rings is 1. The Hall–Kier alpha value is -2.80. The van der Waals surface area contributed by atoms with Crippen LogP contribution in [0.2, 0.25) is 0 Å². The summed E-state index contributed by atoms with van der Waals surface area (Å²) in [6.07, 6.45) is 4.20. The first-order valence-electron chi connectivity index (χ1n) is 8.04. The van der Waals surface area contributed by atoms with Crippen molar-refractivity contribution in [3.8, 4) is 0 Å². The fourth-order valence-corrected chi connectivity index (χ4v) is 2.85. The van der Waals surface area contributed by atoms with Crippen LogP contribution in [0.3, 0.4) is 0 Å². The van der Waals surface area contributed by atoms with E-state index in [0.717, 1.165) is 11.1 Å². The second kappa shape index (κ2) is 7.40. The van der Waals surface area contributed by atoms with Gasteiger partial charge < -0.3 is 16.4 Å². The molecule has 1 unspecified atom stereocenters. The molecule has 0 saturated heterocycles. The molecule has 7 heteroatoms. The first-order valence-corrected chi connectivity index (χ1v) is 8.04. The number of nitrogens with one attached hydrogen (secondary N) is 2. The zero-order valence-corrected chi connectivity index (χ0v) is 13.5. The molecule has 2 heterocycles. The lowest BCUT2D eigenvalue weighted by molar-refractivity contribution is -0.126. The number of nitrogens with two attached hydrogens (primary N) is 1. The molecule has 4 N–H and O–H groups in total. The van der Waals surface area contributed by atoms with E-state index in [-0.39, 0.29) is 24.1 Å². The second-order valence-corrected chi connectivity index (χ2v) is 6.14. The first kappa shape index (κ1) is 17.0. The van der Waals surface area contributed by atoms with Gasteiger partial charge in [-0.25, -0.2) is 4.39 Å². The molecular formula is C18H19FN4O2. The van der Waals surface area contributed by atoms with Gasteiger partial charge in [0.25, 0.3) is 0 Å². The topological polar surface area (TPSA) is 97.1 Å². The van der Waals surface area contributed by atoms with Gasteiger partial charge in [-0.2, -0.15) is 0 Å². The maximum Gasteiger partial charge on any atom is 0.247 e. The third-order valence-corrected chi connectivity index (χ3v) is 4.10. The summed E-state index contributed by atoms with van der Waals surface area (Å²) in [5.74, 6) is -0.859. The number of hydrogen-bond acceptors (Lipinski definition) is 4. The summed E-state index contributed by atoms with van der Waals surface area (Å²) >= 11 is 0. The van der Waals surface area contributed by atoms with Gasteiger partial charge in [0.1, 0.15) is 11.9 Å². The molecule has 0 bridgehead atoms. The predicted molar refractivity (Wildman–Crippen MR) is 91.2 cm³/mol. The lowest BCUT2D eigenvalue weighted by Crippen LogP contribution is -2.48. The van der Waals surface area contributed by atoms with Gasteiger partial charge >= 0.3 is 0 Å². The Morgan fingerprint density at radius 3 is 2.88 bits per heavy atom. The van der Waals surface area contributed by atoms with Crippen LogP contribution in [-0.2, 0) is 22.4 Å². The maximum atomic E-state index is 12.9. The van der Waals surface area contributed by atoms with Gasteiger partial charge in [-0.3, -0.25) is 14.6 Å². The number of rotatable bonds is 5. The molecule has 1 aromatic carbocycles. The Morgan fingerprint density at radius 1 is 1.36 bits per heavy atom. The molecule has 1 aliphatic rings. The van der Waals surface area contributed by atoms with Crippen molar-refractivity contribution in [2.45, 2.75) is 31.3 Å². The fraction of sp³-hybridized carbons (Fsp3) is 0.278. The number of nitrogens with zero attached hydrogens (tertiary/aromatic N) is 1. The van der Waals surface area contributed by atoms with Crippen LogP contribution in [0.15, 0.2) is 42.7 Å². The Morgan fingerprint density at radius 2 is 2.12 bits per heavy atom. The van der Waals surface area contributed by atoms with E-state index in [1.807, 2.05) is 6.07 Å². The standard InChI is InChI=1S/C18H19FN4O2/c19-13-3-1-11(2-4-13)7-14(20)9-17(24)22-15-8-12-5-6-21-10-16(12)23-18(15)25/h1-6,10,14-15H,7-9,20H2,(H,22,24)(H,23,25)/t14-,15?/m1/s1. The molecule has 3 rings (SSSR count). The number of pyridine rings is 1. The molecule has 0 radical (unpaired) electrons. The molecule has 25 heavy (non-hydrogen) atoms. The lowest BCUT2D eigenvalue weighted by Gasteiger charge is -2.25. The van der Waals surface area contributed by atoms with Crippen molar-refractivity contribution in [3.63, 3.8) is 0 Å². The summed E-state index contributed by atoms with van der Waals surface area (Å²) in [7, 11) is 0. The minimum Gasteiger partial charge on any atom is -0.344 e. The number of amides is 2. The molecule has 0 fully saturated rings. The van der Waals surface area contributed by atoms with Gasteiger partial charge in [0, 0.05) is 25.1 Å². The van der Waals surface area contributed by atoms with E-state index in [2.05, 4.69) is 15.6 Å². The molecule has 1 aliphatic heterocycles. The molecule has 6 nitrogen and oxygen atoms in total. The van der Waals surface area contributed by atoms with Gasteiger partial charge in [-0.15, -0.1) is 0 Å². The molecule has 2 atom stereocenters. The number of anilines is 1. The van der Waals surface area contributed by atoms with Crippen LogP contribution in [0.25, 0.3) is 0 Å². The van der Waals surface area contributed by atoms with Gasteiger partial charge in [-0.1, -0.05) is 12.1 Å². The average Bonchev–Trinajstić information content (AvgIpc) is 2.57. The van der Waals surface area contributed by atoms with Crippen molar-refractivity contribution < 1.29 is 14.0 Å². The largest absolute Gasteiger partial charge is 0.344 e. The van der Waals surface area contributed by atoms with Crippen molar-refractivity contribution in [1.82, 2.24) is 10.3 Å². The van der Waals surface area contributed by atoms with Gasteiger partial charge in [0.15, 0.2) is 0 Å².